The van der Waals surface area contributed by atoms with Gasteiger partial charge in [0.25, 0.3) is 0 Å². The highest BCUT2D eigenvalue weighted by Gasteiger charge is 2.22. The van der Waals surface area contributed by atoms with Gasteiger partial charge in [-0.1, -0.05) is 0 Å². The molecule has 1 aromatic carbocycles. The maximum Gasteiger partial charge on any atom is 0.238 e. The summed E-state index contributed by atoms with van der Waals surface area (Å²) >= 11 is 0. The van der Waals surface area contributed by atoms with Gasteiger partial charge in [-0.25, -0.2) is 4.39 Å². The molecule has 0 radical (unpaired) electrons. The van der Waals surface area contributed by atoms with E-state index < -0.39 is 0 Å². The van der Waals surface area contributed by atoms with Gasteiger partial charge in [0.2, 0.25) is 5.91 Å². The van der Waals surface area contributed by atoms with Crippen molar-refractivity contribution in [2.45, 2.75) is 12.8 Å². The second kappa shape index (κ2) is 9.61. The van der Waals surface area contributed by atoms with Crippen molar-refractivity contribution in [3.8, 4) is 5.75 Å². The number of halogens is 2. The molecule has 0 bridgehead atoms. The van der Waals surface area contributed by atoms with Crippen LogP contribution in [0.4, 0.5) is 10.1 Å². The predicted molar refractivity (Wildman–Crippen MR) is 85.2 cm³/mol. The first-order chi connectivity index (χ1) is 10.2. The number of carbonyl (C=O) groups is 1. The third-order valence-corrected chi connectivity index (χ3v) is 3.16. The van der Waals surface area contributed by atoms with Crippen molar-refractivity contribution in [3.63, 3.8) is 0 Å². The highest BCUT2D eigenvalue weighted by molar-refractivity contribution is 5.93. The van der Waals surface area contributed by atoms with Gasteiger partial charge in [-0.05, 0) is 30.9 Å². The standard InChI is InChI=1S/C15H21FN2O3.ClH/c1-20-7-6-17-9-15(19)18-13-5-4-12(16)8-14(13)21-10-11-2-3-11;/h4-5,8,11,17H,2-3,6-7,9-10H2,1H3,(H,18,19);1H. The fraction of sp³-hybridized carbons (Fsp3) is 0.533. The fourth-order valence-electron chi connectivity index (χ4n) is 1.78. The highest BCUT2D eigenvalue weighted by atomic mass is 35.5. The Hall–Kier alpha value is -1.37. The number of benzene rings is 1. The molecule has 0 heterocycles. The molecular formula is C15H22ClFN2O3. The number of amides is 1. The minimum Gasteiger partial charge on any atom is -0.491 e. The number of carbonyl (C=O) groups excluding carboxylic acids is 1. The van der Waals surface area contributed by atoms with E-state index in [1.165, 1.54) is 18.2 Å². The maximum absolute atomic E-state index is 13.3. The van der Waals surface area contributed by atoms with E-state index >= 15 is 0 Å². The van der Waals surface area contributed by atoms with E-state index in [9.17, 15) is 9.18 Å². The molecule has 0 atom stereocenters. The van der Waals surface area contributed by atoms with E-state index in [2.05, 4.69) is 10.6 Å². The Bertz CT molecular complexity index is 484. The molecule has 22 heavy (non-hydrogen) atoms. The second-order valence-electron chi connectivity index (χ2n) is 5.11. The van der Waals surface area contributed by atoms with E-state index in [0.717, 1.165) is 12.8 Å². The Morgan fingerprint density at radius 2 is 2.18 bits per heavy atom. The molecule has 1 aromatic rings. The number of anilines is 1. The summed E-state index contributed by atoms with van der Waals surface area (Å²) in [5.41, 5.74) is 0.496. The highest BCUT2D eigenvalue weighted by Crippen LogP contribution is 2.32. The zero-order valence-electron chi connectivity index (χ0n) is 12.6. The Balaban J connectivity index is 0.00000242. The summed E-state index contributed by atoms with van der Waals surface area (Å²) in [6, 6.07) is 4.12. The monoisotopic (exact) mass is 332 g/mol. The summed E-state index contributed by atoms with van der Waals surface area (Å²) in [5, 5.41) is 5.67. The van der Waals surface area contributed by atoms with Gasteiger partial charge < -0.3 is 20.1 Å². The van der Waals surface area contributed by atoms with Crippen molar-refractivity contribution in [3.05, 3.63) is 24.0 Å². The first-order valence-corrected chi connectivity index (χ1v) is 7.11. The molecule has 0 aliphatic heterocycles. The van der Waals surface area contributed by atoms with E-state index in [1.54, 1.807) is 7.11 Å². The zero-order valence-corrected chi connectivity index (χ0v) is 13.4. The van der Waals surface area contributed by atoms with Crippen molar-refractivity contribution >= 4 is 24.0 Å². The van der Waals surface area contributed by atoms with Gasteiger partial charge in [-0.15, -0.1) is 12.4 Å². The smallest absolute Gasteiger partial charge is 0.238 e. The first-order valence-electron chi connectivity index (χ1n) is 7.11. The fourth-order valence-corrected chi connectivity index (χ4v) is 1.78. The van der Waals surface area contributed by atoms with Crippen LogP contribution in [0, 0.1) is 11.7 Å². The van der Waals surface area contributed by atoms with E-state index in [-0.39, 0.29) is 30.7 Å². The predicted octanol–water partition coefficient (Wildman–Crippen LogP) is 2.21. The number of hydrogen-bond donors (Lipinski definition) is 2. The Kier molecular flexibility index (Phi) is 8.16. The van der Waals surface area contributed by atoms with Gasteiger partial charge in [-0.3, -0.25) is 4.79 Å². The summed E-state index contributed by atoms with van der Waals surface area (Å²) < 4.78 is 23.8. The largest absolute Gasteiger partial charge is 0.491 e. The normalized spacial score (nSPS) is 13.4. The Labute approximate surface area is 136 Å². The van der Waals surface area contributed by atoms with E-state index in [4.69, 9.17) is 9.47 Å². The first kappa shape index (κ1) is 18.7. The van der Waals surface area contributed by atoms with Crippen molar-refractivity contribution in [2.24, 2.45) is 5.92 Å². The average molecular weight is 333 g/mol. The summed E-state index contributed by atoms with van der Waals surface area (Å²) in [6.45, 7) is 1.87. The summed E-state index contributed by atoms with van der Waals surface area (Å²) in [4.78, 5) is 11.8. The quantitative estimate of drug-likeness (QED) is 0.681. The lowest BCUT2D eigenvalue weighted by Gasteiger charge is -2.13. The van der Waals surface area contributed by atoms with Crippen molar-refractivity contribution in [1.82, 2.24) is 5.32 Å². The number of hydrogen-bond acceptors (Lipinski definition) is 4. The lowest BCUT2D eigenvalue weighted by Crippen LogP contribution is -2.30. The van der Waals surface area contributed by atoms with Gasteiger partial charge in [0.1, 0.15) is 11.6 Å². The topological polar surface area (TPSA) is 59.6 Å². The van der Waals surface area contributed by atoms with Crippen LogP contribution in [-0.2, 0) is 9.53 Å². The zero-order chi connectivity index (χ0) is 15.1. The second-order valence-corrected chi connectivity index (χ2v) is 5.11. The van der Waals surface area contributed by atoms with Crippen LogP contribution in [0.2, 0.25) is 0 Å². The molecule has 5 nitrogen and oxygen atoms in total. The summed E-state index contributed by atoms with van der Waals surface area (Å²) in [7, 11) is 1.60. The molecule has 1 aliphatic rings. The van der Waals surface area contributed by atoms with Crippen LogP contribution in [0.3, 0.4) is 0 Å². The molecule has 0 aromatic heterocycles. The average Bonchev–Trinajstić information content (AvgIpc) is 3.28. The molecule has 1 aliphatic carbocycles. The van der Waals surface area contributed by atoms with Gasteiger partial charge in [0, 0.05) is 19.7 Å². The number of nitrogens with one attached hydrogen (secondary N) is 2. The van der Waals surface area contributed by atoms with Crippen LogP contribution in [0.5, 0.6) is 5.75 Å². The van der Waals surface area contributed by atoms with E-state index in [0.29, 0.717) is 37.1 Å². The number of rotatable bonds is 9. The molecule has 7 heteroatoms. The third-order valence-electron chi connectivity index (χ3n) is 3.16. The molecule has 0 saturated heterocycles. The van der Waals surface area contributed by atoms with E-state index in [1.807, 2.05) is 0 Å². The molecule has 1 saturated carbocycles. The van der Waals surface area contributed by atoms with Gasteiger partial charge in [-0.2, -0.15) is 0 Å². The molecule has 0 spiro atoms. The lowest BCUT2D eigenvalue weighted by molar-refractivity contribution is -0.115. The third kappa shape index (κ3) is 6.60. The molecule has 2 N–H and O–H groups in total. The SMILES string of the molecule is COCCNCC(=O)Nc1ccc(F)cc1OCC1CC1.Cl. The van der Waals surface area contributed by atoms with Crippen molar-refractivity contribution < 1.29 is 18.7 Å². The van der Waals surface area contributed by atoms with Gasteiger partial charge in [0.15, 0.2) is 0 Å². The summed E-state index contributed by atoms with van der Waals surface area (Å²) in [5.74, 6) is 0.366. The minimum absolute atomic E-state index is 0. The van der Waals surface area contributed by atoms with Gasteiger partial charge >= 0.3 is 0 Å². The molecule has 2 rings (SSSR count). The van der Waals surface area contributed by atoms with Crippen molar-refractivity contribution in [1.29, 1.82) is 0 Å². The Morgan fingerprint density at radius 3 is 2.86 bits per heavy atom. The maximum atomic E-state index is 13.3. The Morgan fingerprint density at radius 1 is 1.41 bits per heavy atom. The molecular weight excluding hydrogens is 311 g/mol. The van der Waals surface area contributed by atoms with Crippen molar-refractivity contribution in [2.75, 3.05) is 38.7 Å². The van der Waals surface area contributed by atoms with Gasteiger partial charge in [0.05, 0.1) is 25.4 Å². The summed E-state index contributed by atoms with van der Waals surface area (Å²) in [6.07, 6.45) is 2.31. The molecule has 1 amide bonds. The molecule has 0 unspecified atom stereocenters. The molecule has 1 fully saturated rings. The molecule has 124 valence electrons. The number of methoxy groups -OCH3 is 1. The lowest BCUT2D eigenvalue weighted by atomic mass is 10.2. The minimum atomic E-state index is -0.378. The van der Waals surface area contributed by atoms with Crippen LogP contribution in [0.1, 0.15) is 12.8 Å². The van der Waals surface area contributed by atoms with Crippen LogP contribution >= 0.6 is 12.4 Å². The van der Waals surface area contributed by atoms with Crippen LogP contribution in [0.15, 0.2) is 18.2 Å². The number of ether oxygens (including phenoxy) is 2. The van der Waals surface area contributed by atoms with Crippen LogP contribution in [-0.4, -0.2) is 39.3 Å². The van der Waals surface area contributed by atoms with Crippen LogP contribution < -0.4 is 15.4 Å². The van der Waals surface area contributed by atoms with Crippen LogP contribution in [0.25, 0.3) is 0 Å².